The van der Waals surface area contributed by atoms with E-state index in [1.165, 1.54) is 0 Å². The second-order valence-electron chi connectivity index (χ2n) is 6.10. The Kier molecular flexibility index (Phi) is 4.80. The van der Waals surface area contributed by atoms with Crippen LogP contribution in [0.1, 0.15) is 37.6 Å². The molecule has 1 aromatic heterocycles. The van der Waals surface area contributed by atoms with E-state index in [0.717, 1.165) is 16.9 Å². The van der Waals surface area contributed by atoms with Crippen molar-refractivity contribution >= 4 is 23.2 Å². The Balaban J connectivity index is 2.27. The van der Waals surface area contributed by atoms with Crippen LogP contribution < -0.4 is 4.74 Å². The van der Waals surface area contributed by atoms with Crippen molar-refractivity contribution < 1.29 is 4.74 Å². The Hall–Kier alpha value is -1.25. The Morgan fingerprint density at radius 1 is 1.10 bits per heavy atom. The van der Waals surface area contributed by atoms with Crippen molar-refractivity contribution in [1.82, 2.24) is 4.98 Å². The highest BCUT2D eigenvalue weighted by atomic mass is 35.5. The molecule has 0 amide bonds. The first-order valence-electron chi connectivity index (χ1n) is 6.82. The topological polar surface area (TPSA) is 22.1 Å². The van der Waals surface area contributed by atoms with Gasteiger partial charge in [0.1, 0.15) is 17.5 Å². The molecule has 0 aliphatic heterocycles. The van der Waals surface area contributed by atoms with Crippen LogP contribution in [0.3, 0.4) is 0 Å². The van der Waals surface area contributed by atoms with E-state index in [-0.39, 0.29) is 5.41 Å². The number of pyridine rings is 1. The van der Waals surface area contributed by atoms with Gasteiger partial charge in [-0.05, 0) is 41.7 Å². The van der Waals surface area contributed by atoms with Crippen LogP contribution in [-0.2, 0) is 12.0 Å². The number of rotatable bonds is 3. The number of benzene rings is 1. The van der Waals surface area contributed by atoms with E-state index in [2.05, 4.69) is 37.9 Å². The molecule has 2 aromatic rings. The number of aromatic nitrogens is 1. The summed E-state index contributed by atoms with van der Waals surface area (Å²) in [6.07, 6.45) is 0. The van der Waals surface area contributed by atoms with Gasteiger partial charge in [-0.1, -0.05) is 56.1 Å². The fourth-order valence-electron chi connectivity index (χ4n) is 2.07. The molecule has 0 aliphatic carbocycles. The minimum atomic E-state index is 0.00852. The number of hydrogen-bond acceptors (Lipinski definition) is 2. The standard InChI is InChI=1S/C17H19Cl2NO/c1-11-5-6-12(17(2,3)4)15(9-11)21-10-14-13(18)7-8-16(19)20-14/h5-9H,10H2,1-4H3. The lowest BCUT2D eigenvalue weighted by molar-refractivity contribution is 0.293. The van der Waals surface area contributed by atoms with Crippen LogP contribution in [0.15, 0.2) is 30.3 Å². The predicted octanol–water partition coefficient (Wildman–Crippen LogP) is 5.57. The van der Waals surface area contributed by atoms with E-state index in [4.69, 9.17) is 27.9 Å². The molecular weight excluding hydrogens is 305 g/mol. The average molecular weight is 324 g/mol. The van der Waals surface area contributed by atoms with Crippen molar-refractivity contribution in [3.63, 3.8) is 0 Å². The molecular formula is C17H19Cl2NO. The Labute approximate surface area is 136 Å². The lowest BCUT2D eigenvalue weighted by atomic mass is 9.86. The summed E-state index contributed by atoms with van der Waals surface area (Å²) in [6.45, 7) is 8.83. The molecule has 0 radical (unpaired) electrons. The average Bonchev–Trinajstić information content (AvgIpc) is 2.38. The molecule has 2 nitrogen and oxygen atoms in total. The molecule has 0 bridgehead atoms. The van der Waals surface area contributed by atoms with Crippen LogP contribution in [0.5, 0.6) is 5.75 Å². The highest BCUT2D eigenvalue weighted by Crippen LogP contribution is 2.32. The van der Waals surface area contributed by atoms with E-state index in [0.29, 0.717) is 22.5 Å². The fraction of sp³-hybridized carbons (Fsp3) is 0.353. The van der Waals surface area contributed by atoms with Gasteiger partial charge in [-0.25, -0.2) is 4.98 Å². The fourth-order valence-corrected chi connectivity index (χ4v) is 2.40. The monoisotopic (exact) mass is 323 g/mol. The third kappa shape index (κ3) is 4.12. The van der Waals surface area contributed by atoms with Gasteiger partial charge in [-0.3, -0.25) is 0 Å². The highest BCUT2D eigenvalue weighted by Gasteiger charge is 2.19. The zero-order valence-corrected chi connectivity index (χ0v) is 14.2. The van der Waals surface area contributed by atoms with Gasteiger partial charge in [0, 0.05) is 0 Å². The van der Waals surface area contributed by atoms with Crippen LogP contribution in [0.4, 0.5) is 0 Å². The van der Waals surface area contributed by atoms with Crippen LogP contribution in [-0.4, -0.2) is 4.98 Å². The predicted molar refractivity (Wildman–Crippen MR) is 88.5 cm³/mol. The third-order valence-corrected chi connectivity index (χ3v) is 3.75. The summed E-state index contributed by atoms with van der Waals surface area (Å²) in [5.41, 5.74) is 2.97. The summed E-state index contributed by atoms with van der Waals surface area (Å²) in [5, 5.41) is 0.975. The number of hydrogen-bond donors (Lipinski definition) is 0. The molecule has 0 aliphatic rings. The van der Waals surface area contributed by atoms with Gasteiger partial charge in [0.25, 0.3) is 0 Å². The molecule has 1 aromatic carbocycles. The molecule has 0 saturated heterocycles. The largest absolute Gasteiger partial charge is 0.487 e. The van der Waals surface area contributed by atoms with Crippen LogP contribution in [0.2, 0.25) is 10.2 Å². The Bertz CT molecular complexity index is 648. The normalized spacial score (nSPS) is 11.5. The second kappa shape index (κ2) is 6.25. The maximum absolute atomic E-state index is 6.12. The summed E-state index contributed by atoms with van der Waals surface area (Å²) in [4.78, 5) is 4.21. The molecule has 4 heteroatoms. The van der Waals surface area contributed by atoms with E-state index in [9.17, 15) is 0 Å². The van der Waals surface area contributed by atoms with E-state index in [1.54, 1.807) is 12.1 Å². The minimum Gasteiger partial charge on any atom is -0.487 e. The first kappa shape index (κ1) is 16.1. The maximum Gasteiger partial charge on any atom is 0.132 e. The van der Waals surface area contributed by atoms with Crippen molar-refractivity contribution in [2.45, 2.75) is 39.7 Å². The van der Waals surface area contributed by atoms with Crippen molar-refractivity contribution in [3.8, 4) is 5.75 Å². The molecule has 0 unspecified atom stereocenters. The summed E-state index contributed by atoms with van der Waals surface area (Å²) >= 11 is 12.0. The van der Waals surface area contributed by atoms with Crippen molar-refractivity contribution in [1.29, 1.82) is 0 Å². The summed E-state index contributed by atoms with van der Waals surface area (Å²) in [5.74, 6) is 0.861. The second-order valence-corrected chi connectivity index (χ2v) is 6.90. The van der Waals surface area contributed by atoms with E-state index >= 15 is 0 Å². The van der Waals surface area contributed by atoms with Crippen molar-refractivity contribution in [2.75, 3.05) is 0 Å². The summed E-state index contributed by atoms with van der Waals surface area (Å²) in [6, 6.07) is 9.64. The van der Waals surface area contributed by atoms with Gasteiger partial charge in [-0.2, -0.15) is 0 Å². The molecule has 0 atom stereocenters. The van der Waals surface area contributed by atoms with E-state index < -0.39 is 0 Å². The van der Waals surface area contributed by atoms with Crippen LogP contribution in [0, 0.1) is 6.92 Å². The number of halogens is 2. The minimum absolute atomic E-state index is 0.00852. The summed E-state index contributed by atoms with van der Waals surface area (Å²) in [7, 11) is 0. The first-order valence-corrected chi connectivity index (χ1v) is 7.58. The van der Waals surface area contributed by atoms with Crippen LogP contribution in [0.25, 0.3) is 0 Å². The Morgan fingerprint density at radius 3 is 2.48 bits per heavy atom. The molecule has 1 heterocycles. The molecule has 21 heavy (non-hydrogen) atoms. The van der Waals surface area contributed by atoms with Gasteiger partial charge >= 0.3 is 0 Å². The van der Waals surface area contributed by atoms with Gasteiger partial charge < -0.3 is 4.74 Å². The van der Waals surface area contributed by atoms with Crippen LogP contribution >= 0.6 is 23.2 Å². The maximum atomic E-state index is 6.12. The molecule has 0 saturated carbocycles. The molecule has 0 fully saturated rings. The van der Waals surface area contributed by atoms with Crippen molar-refractivity contribution in [2.24, 2.45) is 0 Å². The lowest BCUT2D eigenvalue weighted by Gasteiger charge is -2.23. The van der Waals surface area contributed by atoms with Gasteiger partial charge in [0.2, 0.25) is 0 Å². The highest BCUT2D eigenvalue weighted by molar-refractivity contribution is 6.32. The molecule has 112 valence electrons. The SMILES string of the molecule is Cc1ccc(C(C)(C)C)c(OCc2nc(Cl)ccc2Cl)c1. The van der Waals surface area contributed by atoms with Gasteiger partial charge in [-0.15, -0.1) is 0 Å². The summed E-state index contributed by atoms with van der Waals surface area (Å²) < 4.78 is 5.96. The lowest BCUT2D eigenvalue weighted by Crippen LogP contribution is -2.14. The van der Waals surface area contributed by atoms with Gasteiger partial charge in [0.05, 0.1) is 10.7 Å². The molecule has 2 rings (SSSR count). The van der Waals surface area contributed by atoms with Crippen molar-refractivity contribution in [3.05, 3.63) is 57.3 Å². The van der Waals surface area contributed by atoms with Gasteiger partial charge in [0.15, 0.2) is 0 Å². The quantitative estimate of drug-likeness (QED) is 0.688. The molecule has 0 N–H and O–H groups in total. The van der Waals surface area contributed by atoms with E-state index in [1.807, 2.05) is 13.0 Å². The number of aryl methyl sites for hydroxylation is 1. The Morgan fingerprint density at radius 2 is 1.81 bits per heavy atom. The third-order valence-electron chi connectivity index (χ3n) is 3.19. The first-order chi connectivity index (χ1) is 9.77. The number of ether oxygens (including phenoxy) is 1. The molecule has 0 spiro atoms. The number of nitrogens with zero attached hydrogens (tertiary/aromatic N) is 1. The smallest absolute Gasteiger partial charge is 0.132 e. The zero-order valence-electron chi connectivity index (χ0n) is 12.7. The zero-order chi connectivity index (χ0) is 15.6.